The maximum atomic E-state index is 11.6. The number of sulfone groups is 1. The van der Waals surface area contributed by atoms with E-state index in [0.29, 0.717) is 0 Å². The summed E-state index contributed by atoms with van der Waals surface area (Å²) in [6, 6.07) is 4.00. The van der Waals surface area contributed by atoms with E-state index in [1.807, 2.05) is 0 Å². The van der Waals surface area contributed by atoms with Crippen molar-refractivity contribution in [3.05, 3.63) is 28.3 Å². The van der Waals surface area contributed by atoms with Crippen molar-refractivity contribution in [1.29, 1.82) is 0 Å². The molecular formula is C11H12N2O6S. The number of benzene rings is 1. The smallest absolute Gasteiger partial charge is 0.311 e. The summed E-state index contributed by atoms with van der Waals surface area (Å²) in [5.74, 6) is -1.56. The van der Waals surface area contributed by atoms with Crippen LogP contribution in [0.2, 0.25) is 0 Å². The fourth-order valence-corrected chi connectivity index (χ4v) is 2.94. The highest BCUT2D eigenvalue weighted by atomic mass is 32.2. The van der Waals surface area contributed by atoms with Crippen LogP contribution in [0.1, 0.15) is 0 Å². The minimum Gasteiger partial charge on any atom is -0.481 e. The molecular weight excluding hydrogens is 288 g/mol. The van der Waals surface area contributed by atoms with Gasteiger partial charge in [-0.15, -0.1) is 0 Å². The third-order valence-corrected chi connectivity index (χ3v) is 4.26. The number of anilines is 1. The number of aliphatic carboxylic acids is 1. The van der Waals surface area contributed by atoms with Crippen LogP contribution in [-0.4, -0.2) is 43.8 Å². The summed E-state index contributed by atoms with van der Waals surface area (Å²) in [6.45, 7) is 0.257. The Morgan fingerprint density at radius 1 is 1.45 bits per heavy atom. The van der Waals surface area contributed by atoms with Gasteiger partial charge < -0.3 is 10.0 Å². The van der Waals surface area contributed by atoms with E-state index in [4.69, 9.17) is 5.11 Å². The van der Waals surface area contributed by atoms with Crippen molar-refractivity contribution in [3.8, 4) is 0 Å². The fraction of sp³-hybridized carbons (Fsp3) is 0.364. The van der Waals surface area contributed by atoms with Crippen LogP contribution in [0.15, 0.2) is 23.1 Å². The molecule has 1 N–H and O–H groups in total. The van der Waals surface area contributed by atoms with Gasteiger partial charge in [-0.05, 0) is 12.1 Å². The number of nitro benzene ring substituents is 1. The lowest BCUT2D eigenvalue weighted by molar-refractivity contribution is -0.387. The van der Waals surface area contributed by atoms with Gasteiger partial charge >= 0.3 is 11.7 Å². The third-order valence-electron chi connectivity index (χ3n) is 3.13. The van der Waals surface area contributed by atoms with Crippen LogP contribution in [-0.2, 0) is 14.6 Å². The second kappa shape index (κ2) is 4.75. The van der Waals surface area contributed by atoms with Crippen molar-refractivity contribution in [2.75, 3.05) is 24.2 Å². The number of carboxylic acid groups (broad SMARTS) is 1. The number of rotatable bonds is 4. The lowest BCUT2D eigenvalue weighted by Crippen LogP contribution is -2.50. The fourth-order valence-electron chi connectivity index (χ4n) is 2.08. The van der Waals surface area contributed by atoms with Crippen molar-refractivity contribution in [2.24, 2.45) is 5.92 Å². The molecule has 0 radical (unpaired) electrons. The van der Waals surface area contributed by atoms with Crippen molar-refractivity contribution < 1.29 is 23.2 Å². The van der Waals surface area contributed by atoms with Gasteiger partial charge in [-0.2, -0.15) is 0 Å². The highest BCUT2D eigenvalue weighted by Gasteiger charge is 2.37. The van der Waals surface area contributed by atoms with Gasteiger partial charge in [0.1, 0.15) is 10.6 Å². The first-order chi connectivity index (χ1) is 9.21. The van der Waals surface area contributed by atoms with Crippen molar-refractivity contribution >= 4 is 27.2 Å². The zero-order valence-corrected chi connectivity index (χ0v) is 11.3. The Morgan fingerprint density at radius 2 is 2.05 bits per heavy atom. The van der Waals surface area contributed by atoms with E-state index >= 15 is 0 Å². The molecule has 0 aromatic heterocycles. The molecule has 20 heavy (non-hydrogen) atoms. The Morgan fingerprint density at radius 3 is 2.50 bits per heavy atom. The molecule has 0 bridgehead atoms. The SMILES string of the molecule is CS(=O)(=O)c1cccc(N2CC(C(=O)O)C2)c1[N+](=O)[O-]. The second-order valence-corrected chi connectivity index (χ2v) is 6.58. The topological polar surface area (TPSA) is 118 Å². The molecule has 2 rings (SSSR count). The predicted molar refractivity (Wildman–Crippen MR) is 69.5 cm³/mol. The normalized spacial score (nSPS) is 15.8. The minimum atomic E-state index is -3.73. The highest BCUT2D eigenvalue weighted by Crippen LogP contribution is 2.37. The Labute approximate surface area is 114 Å². The predicted octanol–water partition coefficient (Wildman–Crippen LogP) is 0.519. The quantitative estimate of drug-likeness (QED) is 0.636. The van der Waals surface area contributed by atoms with Gasteiger partial charge in [0.25, 0.3) is 0 Å². The number of nitro groups is 1. The minimum absolute atomic E-state index is 0.128. The maximum Gasteiger partial charge on any atom is 0.311 e. The molecule has 1 heterocycles. The van der Waals surface area contributed by atoms with E-state index in [1.54, 1.807) is 0 Å². The molecule has 0 atom stereocenters. The van der Waals surface area contributed by atoms with Crippen molar-refractivity contribution in [3.63, 3.8) is 0 Å². The van der Waals surface area contributed by atoms with E-state index in [0.717, 1.165) is 6.26 Å². The number of hydrogen-bond acceptors (Lipinski definition) is 6. The maximum absolute atomic E-state index is 11.6. The summed E-state index contributed by atoms with van der Waals surface area (Å²) in [4.78, 5) is 22.3. The van der Waals surface area contributed by atoms with Gasteiger partial charge in [-0.3, -0.25) is 14.9 Å². The van der Waals surface area contributed by atoms with Crippen LogP contribution >= 0.6 is 0 Å². The molecule has 9 heteroatoms. The van der Waals surface area contributed by atoms with Crippen LogP contribution in [0, 0.1) is 16.0 Å². The van der Waals surface area contributed by atoms with Crippen LogP contribution in [0.25, 0.3) is 0 Å². The summed E-state index contributed by atoms with van der Waals surface area (Å²) >= 11 is 0. The van der Waals surface area contributed by atoms with Gasteiger partial charge in [0.2, 0.25) is 0 Å². The molecule has 1 aliphatic rings. The molecule has 108 valence electrons. The molecule has 0 saturated carbocycles. The summed E-state index contributed by atoms with van der Waals surface area (Å²) in [5.41, 5.74) is -0.366. The monoisotopic (exact) mass is 300 g/mol. The molecule has 0 unspecified atom stereocenters. The second-order valence-electron chi connectivity index (χ2n) is 4.59. The molecule has 8 nitrogen and oxygen atoms in total. The van der Waals surface area contributed by atoms with Gasteiger partial charge in [-0.1, -0.05) is 6.07 Å². The third kappa shape index (κ3) is 2.44. The van der Waals surface area contributed by atoms with E-state index in [2.05, 4.69) is 0 Å². The summed E-state index contributed by atoms with van der Waals surface area (Å²) in [5, 5.41) is 20.0. The Kier molecular flexibility index (Phi) is 3.38. The summed E-state index contributed by atoms with van der Waals surface area (Å²) in [7, 11) is -3.73. The van der Waals surface area contributed by atoms with E-state index in [9.17, 15) is 23.3 Å². The van der Waals surface area contributed by atoms with E-state index in [-0.39, 0.29) is 23.7 Å². The Hall–Kier alpha value is -2.16. The molecule has 0 amide bonds. The number of para-hydroxylation sites is 1. The van der Waals surface area contributed by atoms with Gasteiger partial charge in [0.15, 0.2) is 9.84 Å². The molecule has 1 aromatic rings. The molecule has 1 fully saturated rings. The molecule has 1 saturated heterocycles. The Balaban J connectivity index is 2.45. The van der Waals surface area contributed by atoms with Gasteiger partial charge in [0, 0.05) is 19.3 Å². The van der Waals surface area contributed by atoms with Gasteiger partial charge in [-0.25, -0.2) is 8.42 Å². The molecule has 1 aliphatic heterocycles. The largest absolute Gasteiger partial charge is 0.481 e. The van der Waals surface area contributed by atoms with E-state index in [1.165, 1.54) is 23.1 Å². The summed E-state index contributed by atoms with van der Waals surface area (Å²) in [6.07, 6.45) is 0.898. The lowest BCUT2D eigenvalue weighted by atomic mass is 9.99. The number of hydrogen-bond donors (Lipinski definition) is 1. The van der Waals surface area contributed by atoms with Gasteiger partial charge in [0.05, 0.1) is 10.8 Å². The summed E-state index contributed by atoms with van der Waals surface area (Å²) < 4.78 is 23.2. The zero-order valence-electron chi connectivity index (χ0n) is 10.5. The number of carbonyl (C=O) groups is 1. The van der Waals surface area contributed by atoms with Crippen LogP contribution in [0.5, 0.6) is 0 Å². The zero-order chi connectivity index (χ0) is 15.1. The lowest BCUT2D eigenvalue weighted by Gasteiger charge is -2.38. The van der Waals surface area contributed by atoms with Crippen LogP contribution < -0.4 is 4.90 Å². The number of carboxylic acids is 1. The van der Waals surface area contributed by atoms with Crippen molar-refractivity contribution in [1.82, 2.24) is 0 Å². The molecule has 0 spiro atoms. The highest BCUT2D eigenvalue weighted by molar-refractivity contribution is 7.90. The average molecular weight is 300 g/mol. The first-order valence-electron chi connectivity index (χ1n) is 5.67. The number of nitrogens with zero attached hydrogens (tertiary/aromatic N) is 2. The van der Waals surface area contributed by atoms with Crippen molar-refractivity contribution in [2.45, 2.75) is 4.90 Å². The average Bonchev–Trinajstić information content (AvgIpc) is 2.24. The van der Waals surface area contributed by atoms with Crippen LogP contribution in [0.3, 0.4) is 0 Å². The Bertz CT molecular complexity index is 678. The van der Waals surface area contributed by atoms with E-state index < -0.39 is 32.3 Å². The van der Waals surface area contributed by atoms with Crippen LogP contribution in [0.4, 0.5) is 11.4 Å². The standard InChI is InChI=1S/C11H12N2O6S/c1-20(18,19)9-4-2-3-8(10(9)13(16)17)12-5-7(6-12)11(14)15/h2-4,7H,5-6H2,1H3,(H,14,15). The molecule has 1 aromatic carbocycles. The first-order valence-corrected chi connectivity index (χ1v) is 7.56. The first kappa shape index (κ1) is 14.3. The molecule has 0 aliphatic carbocycles.